The summed E-state index contributed by atoms with van der Waals surface area (Å²) in [5, 5.41) is 10.8. The molecule has 1 heterocycles. The molecular formula is C9H14N2O4. The van der Waals surface area contributed by atoms with Crippen LogP contribution in [0.3, 0.4) is 0 Å². The van der Waals surface area contributed by atoms with Gasteiger partial charge in [-0.1, -0.05) is 0 Å². The first-order valence-corrected chi connectivity index (χ1v) is 4.80. The number of carboxylic acids is 1. The molecule has 2 amide bonds. The Labute approximate surface area is 87.2 Å². The minimum atomic E-state index is -1.09. The molecule has 0 spiro atoms. The van der Waals surface area contributed by atoms with Crippen LogP contribution in [0.25, 0.3) is 0 Å². The van der Waals surface area contributed by atoms with Crippen LogP contribution in [0.2, 0.25) is 0 Å². The van der Waals surface area contributed by atoms with Crippen LogP contribution in [0.5, 0.6) is 0 Å². The summed E-state index contributed by atoms with van der Waals surface area (Å²) in [5.41, 5.74) is 0. The van der Waals surface area contributed by atoms with Crippen LogP contribution in [0.4, 0.5) is 0 Å². The van der Waals surface area contributed by atoms with E-state index in [1.165, 1.54) is 11.8 Å². The molecule has 1 aliphatic heterocycles. The highest BCUT2D eigenvalue weighted by Crippen LogP contribution is 2.08. The van der Waals surface area contributed by atoms with Crippen molar-refractivity contribution in [1.29, 1.82) is 0 Å². The highest BCUT2D eigenvalue weighted by atomic mass is 16.4. The summed E-state index contributed by atoms with van der Waals surface area (Å²) in [6.07, 6.45) is 1.24. The number of carboxylic acid groups (broad SMARTS) is 1. The van der Waals surface area contributed by atoms with Crippen molar-refractivity contribution in [3.8, 4) is 0 Å². The number of nitrogens with zero attached hydrogens (tertiary/aromatic N) is 1. The molecule has 0 aromatic heterocycles. The van der Waals surface area contributed by atoms with E-state index in [0.29, 0.717) is 13.0 Å². The summed E-state index contributed by atoms with van der Waals surface area (Å²) in [4.78, 5) is 34.3. The predicted molar refractivity (Wildman–Crippen MR) is 51.1 cm³/mol. The fraction of sp³-hybridized carbons (Fsp3) is 0.667. The van der Waals surface area contributed by atoms with Crippen LogP contribution in [0.15, 0.2) is 0 Å². The first-order valence-electron chi connectivity index (χ1n) is 4.80. The summed E-state index contributed by atoms with van der Waals surface area (Å²) in [7, 11) is 0. The SMILES string of the molecule is C[C@H](NC(=O)CN1CCCC1=O)C(=O)O. The van der Waals surface area contributed by atoms with Crippen LogP contribution in [-0.2, 0) is 14.4 Å². The van der Waals surface area contributed by atoms with Crippen molar-refractivity contribution in [3.63, 3.8) is 0 Å². The van der Waals surface area contributed by atoms with Gasteiger partial charge in [0.15, 0.2) is 0 Å². The molecule has 1 atom stereocenters. The lowest BCUT2D eigenvalue weighted by atomic mass is 10.3. The van der Waals surface area contributed by atoms with Crippen molar-refractivity contribution in [2.45, 2.75) is 25.8 Å². The van der Waals surface area contributed by atoms with Gasteiger partial charge in [-0.2, -0.15) is 0 Å². The molecule has 15 heavy (non-hydrogen) atoms. The average Bonchev–Trinajstić information content (AvgIpc) is 2.51. The number of hydrogen-bond donors (Lipinski definition) is 2. The fourth-order valence-electron chi connectivity index (χ4n) is 1.39. The second kappa shape index (κ2) is 4.77. The topological polar surface area (TPSA) is 86.7 Å². The highest BCUT2D eigenvalue weighted by molar-refractivity contribution is 5.88. The second-order valence-electron chi connectivity index (χ2n) is 3.55. The van der Waals surface area contributed by atoms with E-state index in [1.807, 2.05) is 0 Å². The Morgan fingerprint density at radius 3 is 2.73 bits per heavy atom. The Morgan fingerprint density at radius 2 is 2.27 bits per heavy atom. The lowest BCUT2D eigenvalue weighted by Crippen LogP contribution is -2.44. The molecular weight excluding hydrogens is 200 g/mol. The Morgan fingerprint density at radius 1 is 1.60 bits per heavy atom. The van der Waals surface area contributed by atoms with Gasteiger partial charge in [0.2, 0.25) is 11.8 Å². The maximum Gasteiger partial charge on any atom is 0.325 e. The zero-order valence-electron chi connectivity index (χ0n) is 8.52. The third-order valence-corrected chi connectivity index (χ3v) is 2.25. The van der Waals surface area contributed by atoms with Gasteiger partial charge < -0.3 is 15.3 Å². The molecule has 0 bridgehead atoms. The van der Waals surface area contributed by atoms with Gasteiger partial charge in [-0.3, -0.25) is 14.4 Å². The number of rotatable bonds is 4. The maximum atomic E-state index is 11.3. The predicted octanol–water partition coefficient (Wildman–Crippen LogP) is -0.802. The van der Waals surface area contributed by atoms with E-state index in [-0.39, 0.29) is 12.5 Å². The van der Waals surface area contributed by atoms with E-state index in [2.05, 4.69) is 5.32 Å². The van der Waals surface area contributed by atoms with Crippen LogP contribution >= 0.6 is 0 Å². The van der Waals surface area contributed by atoms with E-state index >= 15 is 0 Å². The number of nitrogens with one attached hydrogen (secondary N) is 1. The Hall–Kier alpha value is -1.59. The third kappa shape index (κ3) is 3.23. The quantitative estimate of drug-likeness (QED) is 0.641. The number of carbonyl (C=O) groups excluding carboxylic acids is 2. The second-order valence-corrected chi connectivity index (χ2v) is 3.55. The first kappa shape index (κ1) is 11.5. The molecule has 0 radical (unpaired) electrons. The van der Waals surface area contributed by atoms with Crippen LogP contribution in [-0.4, -0.2) is 46.9 Å². The van der Waals surface area contributed by atoms with Gasteiger partial charge in [0, 0.05) is 13.0 Å². The smallest absolute Gasteiger partial charge is 0.325 e. The lowest BCUT2D eigenvalue weighted by molar-refractivity contribution is -0.141. The molecule has 1 aliphatic rings. The maximum absolute atomic E-state index is 11.3. The van der Waals surface area contributed by atoms with Crippen molar-refractivity contribution < 1.29 is 19.5 Å². The average molecular weight is 214 g/mol. The molecule has 0 aliphatic carbocycles. The van der Waals surface area contributed by atoms with E-state index < -0.39 is 17.9 Å². The van der Waals surface area contributed by atoms with E-state index in [9.17, 15) is 14.4 Å². The van der Waals surface area contributed by atoms with Crippen LogP contribution in [0, 0.1) is 0 Å². The van der Waals surface area contributed by atoms with Crippen molar-refractivity contribution in [2.75, 3.05) is 13.1 Å². The highest BCUT2D eigenvalue weighted by Gasteiger charge is 2.23. The van der Waals surface area contributed by atoms with Crippen molar-refractivity contribution in [3.05, 3.63) is 0 Å². The molecule has 0 saturated carbocycles. The zero-order chi connectivity index (χ0) is 11.4. The number of likely N-dealkylation sites (tertiary alicyclic amines) is 1. The number of aliphatic carboxylic acids is 1. The van der Waals surface area contributed by atoms with Gasteiger partial charge in [0.05, 0.1) is 6.54 Å². The van der Waals surface area contributed by atoms with Crippen molar-refractivity contribution in [2.24, 2.45) is 0 Å². The largest absolute Gasteiger partial charge is 0.480 e. The summed E-state index contributed by atoms with van der Waals surface area (Å²) in [6, 6.07) is -0.921. The summed E-state index contributed by atoms with van der Waals surface area (Å²) in [6.45, 7) is 1.91. The first-order chi connectivity index (χ1) is 7.00. The summed E-state index contributed by atoms with van der Waals surface area (Å²) < 4.78 is 0. The molecule has 0 unspecified atom stereocenters. The molecule has 0 aromatic rings. The van der Waals surface area contributed by atoms with Gasteiger partial charge in [0.1, 0.15) is 6.04 Å². The standard InChI is InChI=1S/C9H14N2O4/c1-6(9(14)15)10-7(12)5-11-4-2-3-8(11)13/h6H,2-5H2,1H3,(H,10,12)(H,14,15)/t6-/m0/s1. The number of amides is 2. The molecule has 1 rings (SSSR count). The van der Waals surface area contributed by atoms with Crippen molar-refractivity contribution in [1.82, 2.24) is 10.2 Å². The Kier molecular flexibility index (Phi) is 3.65. The van der Waals surface area contributed by atoms with Gasteiger partial charge >= 0.3 is 5.97 Å². The van der Waals surface area contributed by atoms with Gasteiger partial charge in [-0.25, -0.2) is 0 Å². The van der Waals surface area contributed by atoms with Crippen LogP contribution in [0.1, 0.15) is 19.8 Å². The van der Waals surface area contributed by atoms with Gasteiger partial charge in [0.25, 0.3) is 0 Å². The van der Waals surface area contributed by atoms with Gasteiger partial charge in [-0.15, -0.1) is 0 Å². The lowest BCUT2D eigenvalue weighted by Gasteiger charge is -2.16. The molecule has 6 nitrogen and oxygen atoms in total. The number of carbonyl (C=O) groups is 3. The molecule has 1 fully saturated rings. The van der Waals surface area contributed by atoms with Crippen LogP contribution < -0.4 is 5.32 Å². The molecule has 0 aromatic carbocycles. The molecule has 6 heteroatoms. The Balaban J connectivity index is 2.35. The van der Waals surface area contributed by atoms with E-state index in [4.69, 9.17) is 5.11 Å². The van der Waals surface area contributed by atoms with E-state index in [0.717, 1.165) is 6.42 Å². The molecule has 2 N–H and O–H groups in total. The van der Waals surface area contributed by atoms with Crippen molar-refractivity contribution >= 4 is 17.8 Å². The fourth-order valence-corrected chi connectivity index (χ4v) is 1.39. The molecule has 84 valence electrons. The molecule has 1 saturated heterocycles. The zero-order valence-corrected chi connectivity index (χ0v) is 8.52. The monoisotopic (exact) mass is 214 g/mol. The Bertz CT molecular complexity index is 290. The third-order valence-electron chi connectivity index (χ3n) is 2.25. The van der Waals surface area contributed by atoms with Gasteiger partial charge in [-0.05, 0) is 13.3 Å². The normalized spacial score (nSPS) is 17.7. The summed E-state index contributed by atoms with van der Waals surface area (Å²) in [5.74, 6) is -1.57. The minimum Gasteiger partial charge on any atom is -0.480 e. The van der Waals surface area contributed by atoms with E-state index in [1.54, 1.807) is 0 Å². The minimum absolute atomic E-state index is 0.0452. The summed E-state index contributed by atoms with van der Waals surface area (Å²) >= 11 is 0. The number of hydrogen-bond acceptors (Lipinski definition) is 3.